The second kappa shape index (κ2) is 6.19. The van der Waals surface area contributed by atoms with Crippen molar-refractivity contribution in [1.29, 1.82) is 0 Å². The molecule has 2 rings (SSSR count). The molecule has 0 saturated heterocycles. The van der Waals surface area contributed by atoms with E-state index in [4.69, 9.17) is 0 Å². The van der Waals surface area contributed by atoms with Crippen LogP contribution in [0.2, 0.25) is 0 Å². The minimum atomic E-state index is -0.0232. The first-order valence-corrected chi connectivity index (χ1v) is 7.24. The number of aryl methyl sites for hydroxylation is 2. The van der Waals surface area contributed by atoms with Gasteiger partial charge in [0.2, 0.25) is 0 Å². The first kappa shape index (κ1) is 14.1. The largest absolute Gasteiger partial charge is 0.348 e. The number of carbonyl (C=O) groups excluding carboxylic acids is 1. The Morgan fingerprint density at radius 3 is 2.32 bits per heavy atom. The molecular weight excluding hydrogens is 349 g/mol. The van der Waals surface area contributed by atoms with Gasteiger partial charge in [0.05, 0.1) is 5.56 Å². The third kappa shape index (κ3) is 3.80. The zero-order valence-corrected chi connectivity index (χ0v) is 13.2. The first-order chi connectivity index (χ1) is 9.06. The highest BCUT2D eigenvalue weighted by atomic mass is 127. The summed E-state index contributed by atoms with van der Waals surface area (Å²) in [7, 11) is 0. The summed E-state index contributed by atoms with van der Waals surface area (Å²) in [5.74, 6) is -0.0232. The molecule has 0 aliphatic carbocycles. The summed E-state index contributed by atoms with van der Waals surface area (Å²) < 4.78 is 0.985. The van der Waals surface area contributed by atoms with Gasteiger partial charge in [-0.2, -0.15) is 0 Å². The summed E-state index contributed by atoms with van der Waals surface area (Å²) in [6.45, 7) is 4.64. The van der Waals surface area contributed by atoms with E-state index in [0.717, 1.165) is 14.7 Å². The Hall–Kier alpha value is -1.36. The zero-order chi connectivity index (χ0) is 13.8. The maximum atomic E-state index is 12.1. The number of hydrogen-bond donors (Lipinski definition) is 1. The quantitative estimate of drug-likeness (QED) is 0.823. The van der Waals surface area contributed by atoms with Gasteiger partial charge < -0.3 is 5.32 Å². The summed E-state index contributed by atoms with van der Waals surface area (Å²) in [6, 6.07) is 14.0. The van der Waals surface area contributed by atoms with Crippen LogP contribution in [0.15, 0.2) is 42.5 Å². The molecule has 0 saturated carbocycles. The topological polar surface area (TPSA) is 29.1 Å². The average molecular weight is 365 g/mol. The summed E-state index contributed by atoms with van der Waals surface area (Å²) in [6.07, 6.45) is 0. The van der Waals surface area contributed by atoms with Gasteiger partial charge >= 0.3 is 0 Å². The number of amides is 1. The van der Waals surface area contributed by atoms with E-state index in [1.54, 1.807) is 0 Å². The van der Waals surface area contributed by atoms with Crippen molar-refractivity contribution in [1.82, 2.24) is 5.32 Å². The van der Waals surface area contributed by atoms with Crippen molar-refractivity contribution in [2.75, 3.05) is 0 Å². The molecule has 19 heavy (non-hydrogen) atoms. The fourth-order valence-corrected chi connectivity index (χ4v) is 2.70. The van der Waals surface area contributed by atoms with Crippen molar-refractivity contribution >= 4 is 28.5 Å². The van der Waals surface area contributed by atoms with Crippen LogP contribution < -0.4 is 5.32 Å². The van der Waals surface area contributed by atoms with Gasteiger partial charge in [-0.15, -0.1) is 0 Å². The van der Waals surface area contributed by atoms with Gasteiger partial charge in [0.1, 0.15) is 0 Å². The Morgan fingerprint density at radius 1 is 1.05 bits per heavy atom. The van der Waals surface area contributed by atoms with Crippen LogP contribution in [0.5, 0.6) is 0 Å². The van der Waals surface area contributed by atoms with Gasteiger partial charge in [-0.25, -0.2) is 0 Å². The highest BCUT2D eigenvalue weighted by Gasteiger charge is 2.09. The van der Waals surface area contributed by atoms with Crippen LogP contribution in [0.4, 0.5) is 0 Å². The van der Waals surface area contributed by atoms with Gasteiger partial charge in [-0.1, -0.05) is 41.5 Å². The van der Waals surface area contributed by atoms with E-state index in [1.807, 2.05) is 37.3 Å². The predicted molar refractivity (Wildman–Crippen MR) is 86.2 cm³/mol. The number of benzene rings is 2. The van der Waals surface area contributed by atoms with Crippen molar-refractivity contribution in [3.05, 3.63) is 68.3 Å². The van der Waals surface area contributed by atoms with E-state index >= 15 is 0 Å². The number of carbonyl (C=O) groups is 1. The molecule has 0 fully saturated rings. The normalized spacial score (nSPS) is 10.3. The molecule has 2 nitrogen and oxygen atoms in total. The number of nitrogens with one attached hydrogen (secondary N) is 1. The maximum absolute atomic E-state index is 12.1. The second-order valence-corrected chi connectivity index (χ2v) is 5.81. The van der Waals surface area contributed by atoms with E-state index in [2.05, 4.69) is 47.0 Å². The Kier molecular flexibility index (Phi) is 4.58. The molecule has 1 N–H and O–H groups in total. The molecule has 0 spiro atoms. The third-order valence-corrected chi connectivity index (χ3v) is 3.84. The molecule has 98 valence electrons. The van der Waals surface area contributed by atoms with Crippen LogP contribution in [0.3, 0.4) is 0 Å². The third-order valence-electron chi connectivity index (χ3n) is 2.94. The van der Waals surface area contributed by atoms with E-state index < -0.39 is 0 Å². The number of halogens is 1. The van der Waals surface area contributed by atoms with Gasteiger partial charge in [-0.05, 0) is 54.1 Å². The van der Waals surface area contributed by atoms with Gasteiger partial charge in [-0.3, -0.25) is 4.79 Å². The van der Waals surface area contributed by atoms with Crippen molar-refractivity contribution in [2.45, 2.75) is 20.4 Å². The molecule has 3 heteroatoms. The summed E-state index contributed by atoms with van der Waals surface area (Å²) in [5.41, 5.74) is 4.24. The molecule has 0 aliphatic rings. The van der Waals surface area contributed by atoms with Crippen molar-refractivity contribution in [3.63, 3.8) is 0 Å². The van der Waals surface area contributed by atoms with Crippen molar-refractivity contribution in [2.24, 2.45) is 0 Å². The Balaban J connectivity index is 2.03. The van der Waals surface area contributed by atoms with Crippen LogP contribution >= 0.6 is 22.6 Å². The van der Waals surface area contributed by atoms with Crippen molar-refractivity contribution < 1.29 is 4.79 Å². The molecular formula is C16H16INO. The van der Waals surface area contributed by atoms with E-state index in [9.17, 15) is 4.79 Å². The smallest absolute Gasteiger partial charge is 0.252 e. The fraction of sp³-hybridized carbons (Fsp3) is 0.188. The predicted octanol–water partition coefficient (Wildman–Crippen LogP) is 3.84. The Bertz CT molecular complexity index is 590. The second-order valence-electron chi connectivity index (χ2n) is 4.65. The summed E-state index contributed by atoms with van der Waals surface area (Å²) in [5, 5.41) is 2.95. The van der Waals surface area contributed by atoms with Crippen LogP contribution in [0.1, 0.15) is 27.0 Å². The SMILES string of the molecule is Cc1ccc(CNC(=O)c2ccc(C)cc2I)cc1. The molecule has 0 aromatic heterocycles. The minimum absolute atomic E-state index is 0.0232. The monoisotopic (exact) mass is 365 g/mol. The van der Waals surface area contributed by atoms with Crippen LogP contribution in [0.25, 0.3) is 0 Å². The Morgan fingerprint density at radius 2 is 1.68 bits per heavy atom. The fourth-order valence-electron chi connectivity index (χ4n) is 1.79. The maximum Gasteiger partial charge on any atom is 0.252 e. The van der Waals surface area contributed by atoms with E-state index in [-0.39, 0.29) is 5.91 Å². The number of hydrogen-bond acceptors (Lipinski definition) is 1. The summed E-state index contributed by atoms with van der Waals surface area (Å²) in [4.78, 5) is 12.1. The van der Waals surface area contributed by atoms with Crippen LogP contribution in [-0.4, -0.2) is 5.91 Å². The molecule has 2 aromatic carbocycles. The first-order valence-electron chi connectivity index (χ1n) is 6.16. The lowest BCUT2D eigenvalue weighted by Crippen LogP contribution is -2.23. The molecule has 0 radical (unpaired) electrons. The zero-order valence-electron chi connectivity index (χ0n) is 11.0. The molecule has 0 bridgehead atoms. The van der Waals surface area contributed by atoms with Gasteiger partial charge in [0, 0.05) is 10.1 Å². The molecule has 0 aliphatic heterocycles. The molecule has 0 unspecified atom stereocenters. The van der Waals surface area contributed by atoms with Gasteiger partial charge in [0.15, 0.2) is 0 Å². The number of rotatable bonds is 3. The van der Waals surface area contributed by atoms with E-state index in [1.165, 1.54) is 11.1 Å². The molecule has 1 amide bonds. The standard InChI is InChI=1S/C16H16INO/c1-11-3-6-13(7-4-11)10-18-16(19)14-8-5-12(2)9-15(14)17/h3-9H,10H2,1-2H3,(H,18,19). The highest BCUT2D eigenvalue weighted by molar-refractivity contribution is 14.1. The lowest BCUT2D eigenvalue weighted by atomic mass is 10.1. The van der Waals surface area contributed by atoms with Crippen molar-refractivity contribution in [3.8, 4) is 0 Å². The van der Waals surface area contributed by atoms with Gasteiger partial charge in [0.25, 0.3) is 5.91 Å². The highest BCUT2D eigenvalue weighted by Crippen LogP contribution is 2.14. The summed E-state index contributed by atoms with van der Waals surface area (Å²) >= 11 is 2.20. The molecule has 2 aromatic rings. The lowest BCUT2D eigenvalue weighted by molar-refractivity contribution is 0.0950. The molecule has 0 heterocycles. The van der Waals surface area contributed by atoms with Crippen LogP contribution in [0, 0.1) is 17.4 Å². The minimum Gasteiger partial charge on any atom is -0.348 e. The molecule has 0 atom stereocenters. The lowest BCUT2D eigenvalue weighted by Gasteiger charge is -2.08. The van der Waals surface area contributed by atoms with E-state index in [0.29, 0.717) is 6.54 Å². The van der Waals surface area contributed by atoms with Crippen LogP contribution in [-0.2, 0) is 6.54 Å². The average Bonchev–Trinajstić information content (AvgIpc) is 2.37. The Labute approximate surface area is 127 Å².